The van der Waals surface area contributed by atoms with Gasteiger partial charge in [-0.05, 0) is 31.6 Å². The summed E-state index contributed by atoms with van der Waals surface area (Å²) in [6.07, 6.45) is 29.8. The Balaban J connectivity index is 4.12. The zero-order chi connectivity index (χ0) is 26.5. The standard InChI is InChI=1S/C33H67NO2/c1-5-9-13-17-21-27-32(26-20-16-12-8-4)33(35)34-28-30-36-29-22-25-31(23-18-14-10-6-2)24-19-15-11-7-3/h31-32H,5-30H2,1-4H3,(H,34,35). The Labute approximate surface area is 227 Å². The van der Waals surface area contributed by atoms with Crippen molar-refractivity contribution in [2.45, 2.75) is 175 Å². The Hall–Kier alpha value is -0.570. The van der Waals surface area contributed by atoms with Crippen molar-refractivity contribution in [1.29, 1.82) is 0 Å². The van der Waals surface area contributed by atoms with E-state index in [1.165, 1.54) is 128 Å². The molecule has 0 fully saturated rings. The minimum Gasteiger partial charge on any atom is -0.380 e. The van der Waals surface area contributed by atoms with Crippen LogP contribution < -0.4 is 5.32 Å². The number of nitrogens with one attached hydrogen (secondary N) is 1. The summed E-state index contributed by atoms with van der Waals surface area (Å²) in [6.45, 7) is 11.3. The Bertz CT molecular complexity index is 427. The zero-order valence-electron chi connectivity index (χ0n) is 25.4. The average Bonchev–Trinajstić information content (AvgIpc) is 2.88. The maximum Gasteiger partial charge on any atom is 0.223 e. The third-order valence-electron chi connectivity index (χ3n) is 7.81. The van der Waals surface area contributed by atoms with E-state index in [4.69, 9.17) is 4.74 Å². The lowest BCUT2D eigenvalue weighted by molar-refractivity contribution is -0.125. The van der Waals surface area contributed by atoms with Gasteiger partial charge in [0.2, 0.25) is 5.91 Å². The van der Waals surface area contributed by atoms with Gasteiger partial charge in [-0.15, -0.1) is 0 Å². The highest BCUT2D eigenvalue weighted by Crippen LogP contribution is 2.23. The fraction of sp³-hybridized carbons (Fsp3) is 0.970. The van der Waals surface area contributed by atoms with Crippen LogP contribution in [0.4, 0.5) is 0 Å². The second-order valence-corrected chi connectivity index (χ2v) is 11.4. The Morgan fingerprint density at radius 1 is 0.528 bits per heavy atom. The van der Waals surface area contributed by atoms with Gasteiger partial charge in [0.25, 0.3) is 0 Å². The van der Waals surface area contributed by atoms with Crippen LogP contribution in [0.3, 0.4) is 0 Å². The van der Waals surface area contributed by atoms with E-state index < -0.39 is 0 Å². The molecule has 0 aromatic carbocycles. The molecule has 0 saturated heterocycles. The van der Waals surface area contributed by atoms with Crippen LogP contribution in [-0.2, 0) is 9.53 Å². The fourth-order valence-electron chi connectivity index (χ4n) is 5.34. The SMILES string of the molecule is CCCCCCCC(CCCCCC)C(=O)NCCOCCCC(CCCCCC)CCCCCC. The first kappa shape index (κ1) is 35.4. The lowest BCUT2D eigenvalue weighted by Crippen LogP contribution is -2.33. The summed E-state index contributed by atoms with van der Waals surface area (Å²) in [5.41, 5.74) is 0. The van der Waals surface area contributed by atoms with Crippen molar-refractivity contribution in [1.82, 2.24) is 5.32 Å². The van der Waals surface area contributed by atoms with Gasteiger partial charge in [-0.1, -0.05) is 150 Å². The molecule has 0 bridgehead atoms. The van der Waals surface area contributed by atoms with E-state index in [0.29, 0.717) is 13.2 Å². The first-order valence-corrected chi connectivity index (χ1v) is 16.5. The molecule has 36 heavy (non-hydrogen) atoms. The van der Waals surface area contributed by atoms with Crippen molar-refractivity contribution < 1.29 is 9.53 Å². The first-order chi connectivity index (χ1) is 17.7. The molecular weight excluding hydrogens is 442 g/mol. The highest BCUT2D eigenvalue weighted by Gasteiger charge is 2.17. The molecular formula is C33H67NO2. The molecule has 1 atom stereocenters. The van der Waals surface area contributed by atoms with Gasteiger partial charge in [0, 0.05) is 19.1 Å². The van der Waals surface area contributed by atoms with Crippen LogP contribution in [0.1, 0.15) is 175 Å². The fourth-order valence-corrected chi connectivity index (χ4v) is 5.34. The predicted octanol–water partition coefficient (Wildman–Crippen LogP) is 10.4. The van der Waals surface area contributed by atoms with E-state index in [2.05, 4.69) is 33.0 Å². The van der Waals surface area contributed by atoms with Crippen molar-refractivity contribution >= 4 is 5.91 Å². The molecule has 0 heterocycles. The summed E-state index contributed by atoms with van der Waals surface area (Å²) in [4.78, 5) is 12.8. The molecule has 0 aliphatic carbocycles. The normalized spacial score (nSPS) is 12.4. The second kappa shape index (κ2) is 29.0. The summed E-state index contributed by atoms with van der Waals surface area (Å²) in [5.74, 6) is 1.35. The highest BCUT2D eigenvalue weighted by atomic mass is 16.5. The van der Waals surface area contributed by atoms with Gasteiger partial charge >= 0.3 is 0 Å². The number of hydrogen-bond donors (Lipinski definition) is 1. The van der Waals surface area contributed by atoms with Crippen molar-refractivity contribution in [2.24, 2.45) is 11.8 Å². The quantitative estimate of drug-likeness (QED) is 0.102. The van der Waals surface area contributed by atoms with E-state index in [-0.39, 0.29) is 11.8 Å². The monoisotopic (exact) mass is 510 g/mol. The molecule has 0 saturated carbocycles. The average molecular weight is 510 g/mol. The van der Waals surface area contributed by atoms with Crippen LogP contribution in [0.15, 0.2) is 0 Å². The predicted molar refractivity (Wildman–Crippen MR) is 160 cm³/mol. The van der Waals surface area contributed by atoms with E-state index in [0.717, 1.165) is 31.8 Å². The first-order valence-electron chi connectivity index (χ1n) is 16.5. The van der Waals surface area contributed by atoms with Crippen LogP contribution in [0.2, 0.25) is 0 Å². The maximum atomic E-state index is 12.8. The molecule has 3 heteroatoms. The third kappa shape index (κ3) is 23.8. The lowest BCUT2D eigenvalue weighted by Gasteiger charge is -2.18. The van der Waals surface area contributed by atoms with E-state index >= 15 is 0 Å². The van der Waals surface area contributed by atoms with Crippen LogP contribution in [0.25, 0.3) is 0 Å². The lowest BCUT2D eigenvalue weighted by atomic mass is 9.91. The Kier molecular flexibility index (Phi) is 28.5. The van der Waals surface area contributed by atoms with Gasteiger partial charge in [-0.2, -0.15) is 0 Å². The summed E-state index contributed by atoms with van der Waals surface area (Å²) in [6, 6.07) is 0. The van der Waals surface area contributed by atoms with Crippen LogP contribution in [0, 0.1) is 11.8 Å². The summed E-state index contributed by atoms with van der Waals surface area (Å²) in [5, 5.41) is 3.19. The number of hydrogen-bond acceptors (Lipinski definition) is 2. The third-order valence-corrected chi connectivity index (χ3v) is 7.81. The molecule has 0 aliphatic heterocycles. The molecule has 0 spiro atoms. The molecule has 3 nitrogen and oxygen atoms in total. The van der Waals surface area contributed by atoms with Crippen molar-refractivity contribution in [2.75, 3.05) is 19.8 Å². The molecule has 0 aromatic heterocycles. The molecule has 1 unspecified atom stereocenters. The molecule has 1 N–H and O–H groups in total. The van der Waals surface area contributed by atoms with Gasteiger partial charge in [-0.3, -0.25) is 4.79 Å². The number of ether oxygens (including phenoxy) is 1. The topological polar surface area (TPSA) is 38.3 Å². The van der Waals surface area contributed by atoms with Crippen LogP contribution >= 0.6 is 0 Å². The largest absolute Gasteiger partial charge is 0.380 e. The van der Waals surface area contributed by atoms with Crippen LogP contribution in [0.5, 0.6) is 0 Å². The van der Waals surface area contributed by atoms with Crippen molar-refractivity contribution in [3.63, 3.8) is 0 Å². The minimum absolute atomic E-state index is 0.199. The molecule has 0 aromatic rings. The number of carbonyl (C=O) groups excluding carboxylic acids is 1. The van der Waals surface area contributed by atoms with Gasteiger partial charge in [0.15, 0.2) is 0 Å². The summed E-state index contributed by atoms with van der Waals surface area (Å²) < 4.78 is 5.92. The Morgan fingerprint density at radius 3 is 1.44 bits per heavy atom. The maximum absolute atomic E-state index is 12.8. The minimum atomic E-state index is 0.199. The number of carbonyl (C=O) groups is 1. The molecule has 0 radical (unpaired) electrons. The highest BCUT2D eigenvalue weighted by molar-refractivity contribution is 5.78. The van der Waals surface area contributed by atoms with E-state index in [1.807, 2.05) is 0 Å². The van der Waals surface area contributed by atoms with Crippen LogP contribution in [-0.4, -0.2) is 25.7 Å². The van der Waals surface area contributed by atoms with Gasteiger partial charge in [-0.25, -0.2) is 0 Å². The molecule has 0 rings (SSSR count). The van der Waals surface area contributed by atoms with E-state index in [9.17, 15) is 4.79 Å². The number of unbranched alkanes of at least 4 members (excludes halogenated alkanes) is 13. The summed E-state index contributed by atoms with van der Waals surface area (Å²) in [7, 11) is 0. The molecule has 1 amide bonds. The van der Waals surface area contributed by atoms with Gasteiger partial charge in [0.1, 0.15) is 0 Å². The number of amides is 1. The van der Waals surface area contributed by atoms with Crippen molar-refractivity contribution in [3.05, 3.63) is 0 Å². The van der Waals surface area contributed by atoms with Gasteiger partial charge < -0.3 is 10.1 Å². The zero-order valence-corrected chi connectivity index (χ0v) is 25.4. The van der Waals surface area contributed by atoms with Crippen molar-refractivity contribution in [3.8, 4) is 0 Å². The second-order valence-electron chi connectivity index (χ2n) is 11.4. The molecule has 0 aliphatic rings. The Morgan fingerprint density at radius 2 is 0.944 bits per heavy atom. The van der Waals surface area contributed by atoms with E-state index in [1.54, 1.807) is 0 Å². The molecule has 216 valence electrons. The smallest absolute Gasteiger partial charge is 0.223 e. The summed E-state index contributed by atoms with van der Waals surface area (Å²) >= 11 is 0. The number of rotatable bonds is 29. The van der Waals surface area contributed by atoms with Gasteiger partial charge in [0.05, 0.1) is 6.61 Å².